The van der Waals surface area contributed by atoms with Gasteiger partial charge in [0.1, 0.15) is 6.33 Å². The van der Waals surface area contributed by atoms with E-state index in [-0.39, 0.29) is 11.9 Å². The van der Waals surface area contributed by atoms with Crippen molar-refractivity contribution in [2.45, 2.75) is 26.4 Å². The van der Waals surface area contributed by atoms with Crippen LogP contribution in [0.4, 0.5) is 5.69 Å². The Morgan fingerprint density at radius 1 is 1.28 bits per heavy atom. The zero-order valence-electron chi connectivity index (χ0n) is 16.7. The maximum absolute atomic E-state index is 12.7. The molecule has 0 aliphatic heterocycles. The summed E-state index contributed by atoms with van der Waals surface area (Å²) in [7, 11) is 0. The molecule has 2 heterocycles. The molecule has 0 unspecified atom stereocenters. The predicted molar refractivity (Wildman–Crippen MR) is 112 cm³/mol. The monoisotopic (exact) mass is 397 g/mol. The van der Waals surface area contributed by atoms with Gasteiger partial charge < -0.3 is 15.0 Å². The van der Waals surface area contributed by atoms with E-state index in [9.17, 15) is 4.79 Å². The van der Waals surface area contributed by atoms with Gasteiger partial charge in [-0.25, -0.2) is 25.9 Å². The fourth-order valence-electron chi connectivity index (χ4n) is 2.98. The largest absolute Gasteiger partial charge is 0.380 e. The third kappa shape index (κ3) is 5.08. The first-order valence-electron chi connectivity index (χ1n) is 9.64. The Morgan fingerprint density at radius 2 is 2.07 bits per heavy atom. The van der Waals surface area contributed by atoms with Crippen LogP contribution in [0.25, 0.3) is 10.9 Å². The fraction of sp³-hybridized carbons (Fsp3) is 0.350. The van der Waals surface area contributed by atoms with E-state index in [1.807, 2.05) is 37.4 Å². The smallest absolute Gasteiger partial charge is 0.274 e. The maximum Gasteiger partial charge on any atom is 0.274 e. The molecule has 154 valence electrons. The van der Waals surface area contributed by atoms with Crippen LogP contribution < -0.4 is 21.7 Å². The molecule has 0 aliphatic rings. The first-order valence-corrected chi connectivity index (χ1v) is 9.64. The molecule has 1 amide bonds. The van der Waals surface area contributed by atoms with Gasteiger partial charge in [-0.15, -0.1) is 0 Å². The van der Waals surface area contributed by atoms with Crippen molar-refractivity contribution in [3.63, 3.8) is 0 Å². The predicted octanol–water partition coefficient (Wildman–Crippen LogP) is 1.47. The highest BCUT2D eigenvalue weighted by molar-refractivity contribution is 5.97. The number of carbonyl (C=O) groups is 1. The summed E-state index contributed by atoms with van der Waals surface area (Å²) in [6.45, 7) is 6.31. The lowest BCUT2D eigenvalue weighted by Crippen LogP contribution is -2.55. The third-order valence-electron chi connectivity index (χ3n) is 4.46. The number of anilines is 1. The van der Waals surface area contributed by atoms with E-state index in [0.29, 0.717) is 25.3 Å². The number of aromatic nitrogens is 3. The van der Waals surface area contributed by atoms with E-state index in [0.717, 1.165) is 23.1 Å². The van der Waals surface area contributed by atoms with Crippen molar-refractivity contribution >= 4 is 22.5 Å². The molecule has 0 spiro atoms. The number of ether oxygens (including phenoxy) is 1. The van der Waals surface area contributed by atoms with Crippen molar-refractivity contribution in [2.24, 2.45) is 5.73 Å². The Kier molecular flexibility index (Phi) is 7.12. The number of nitrogens with one attached hydrogen (secondary N) is 2. The highest BCUT2D eigenvalue weighted by atomic mass is 16.5. The second-order valence-corrected chi connectivity index (χ2v) is 6.50. The van der Waals surface area contributed by atoms with Crippen LogP contribution in [0.15, 0.2) is 49.2 Å². The molecule has 0 saturated carbocycles. The molecule has 1 aromatic carbocycles. The molecule has 1 atom stereocenters. The number of aryl methyl sites for hydroxylation is 1. The number of carbonyl (C=O) groups excluding carboxylic acids is 1. The SMILES string of the molecule is CCOC[C@H](N)CNN(NC(=O)c1cncnc1)c1cccc2c1ccn2CC. The van der Waals surface area contributed by atoms with E-state index in [1.54, 1.807) is 5.12 Å². The second kappa shape index (κ2) is 9.97. The normalized spacial score (nSPS) is 12.1. The van der Waals surface area contributed by atoms with Crippen molar-refractivity contribution in [1.29, 1.82) is 0 Å². The van der Waals surface area contributed by atoms with Gasteiger partial charge in [0, 0.05) is 49.7 Å². The third-order valence-corrected chi connectivity index (χ3v) is 4.46. The second-order valence-electron chi connectivity index (χ2n) is 6.50. The zero-order chi connectivity index (χ0) is 20.6. The molecular weight excluding hydrogens is 370 g/mol. The van der Waals surface area contributed by atoms with Crippen molar-refractivity contribution in [3.05, 3.63) is 54.7 Å². The zero-order valence-corrected chi connectivity index (χ0v) is 16.7. The minimum Gasteiger partial charge on any atom is -0.380 e. The number of hydrogen-bond donors (Lipinski definition) is 3. The summed E-state index contributed by atoms with van der Waals surface area (Å²) >= 11 is 0. The summed E-state index contributed by atoms with van der Waals surface area (Å²) in [6, 6.07) is 7.74. The summed E-state index contributed by atoms with van der Waals surface area (Å²) in [5.74, 6) is -0.330. The first kappa shape index (κ1) is 20.7. The van der Waals surface area contributed by atoms with Crippen LogP contribution in [-0.4, -0.2) is 46.2 Å². The van der Waals surface area contributed by atoms with Gasteiger partial charge in [-0.3, -0.25) is 4.79 Å². The van der Waals surface area contributed by atoms with Crippen LogP contribution in [0.3, 0.4) is 0 Å². The van der Waals surface area contributed by atoms with E-state index >= 15 is 0 Å². The fourth-order valence-corrected chi connectivity index (χ4v) is 2.98. The number of hydrogen-bond acceptors (Lipinski definition) is 7. The minimum atomic E-state index is -0.330. The molecule has 0 saturated heterocycles. The van der Waals surface area contributed by atoms with Crippen molar-refractivity contribution < 1.29 is 9.53 Å². The van der Waals surface area contributed by atoms with Crippen LogP contribution in [0.1, 0.15) is 24.2 Å². The van der Waals surface area contributed by atoms with Crippen LogP contribution in [0.2, 0.25) is 0 Å². The summed E-state index contributed by atoms with van der Waals surface area (Å²) in [5.41, 5.74) is 14.4. The van der Waals surface area contributed by atoms with Crippen LogP contribution in [-0.2, 0) is 11.3 Å². The number of fused-ring (bicyclic) bond motifs is 1. The summed E-state index contributed by atoms with van der Waals surface area (Å²) < 4.78 is 7.52. The topological polar surface area (TPSA) is 110 Å². The van der Waals surface area contributed by atoms with E-state index in [1.165, 1.54) is 18.7 Å². The molecule has 0 fully saturated rings. The Balaban J connectivity index is 1.86. The lowest BCUT2D eigenvalue weighted by atomic mass is 10.2. The van der Waals surface area contributed by atoms with Gasteiger partial charge in [-0.05, 0) is 32.0 Å². The Bertz CT molecular complexity index is 929. The molecular formula is C20H27N7O2. The molecule has 4 N–H and O–H groups in total. The van der Waals surface area contributed by atoms with Gasteiger partial charge in [-0.1, -0.05) is 6.07 Å². The van der Waals surface area contributed by atoms with Gasteiger partial charge in [0.15, 0.2) is 0 Å². The number of benzene rings is 1. The summed E-state index contributed by atoms with van der Waals surface area (Å²) in [4.78, 5) is 20.5. The number of nitrogens with zero attached hydrogens (tertiary/aromatic N) is 4. The molecule has 29 heavy (non-hydrogen) atoms. The first-order chi connectivity index (χ1) is 14.1. The summed E-state index contributed by atoms with van der Waals surface area (Å²) in [6.07, 6.45) is 6.35. The highest BCUT2D eigenvalue weighted by Gasteiger charge is 2.17. The lowest BCUT2D eigenvalue weighted by Gasteiger charge is -2.28. The van der Waals surface area contributed by atoms with Crippen LogP contribution in [0.5, 0.6) is 0 Å². The molecule has 0 bridgehead atoms. The molecule has 9 heteroatoms. The Morgan fingerprint density at radius 3 is 2.79 bits per heavy atom. The molecule has 0 aliphatic carbocycles. The van der Waals surface area contributed by atoms with E-state index < -0.39 is 0 Å². The maximum atomic E-state index is 12.7. The molecule has 3 rings (SSSR count). The van der Waals surface area contributed by atoms with Crippen molar-refractivity contribution in [3.8, 4) is 0 Å². The highest BCUT2D eigenvalue weighted by Crippen LogP contribution is 2.26. The quantitative estimate of drug-likeness (QED) is 0.444. The molecule has 0 radical (unpaired) electrons. The number of nitrogens with two attached hydrogens (primary N) is 1. The van der Waals surface area contributed by atoms with Gasteiger partial charge in [0.25, 0.3) is 5.91 Å². The number of hydrazine groups is 2. The van der Waals surface area contributed by atoms with E-state index in [4.69, 9.17) is 10.5 Å². The average molecular weight is 397 g/mol. The van der Waals surface area contributed by atoms with Gasteiger partial charge >= 0.3 is 0 Å². The lowest BCUT2D eigenvalue weighted by molar-refractivity contribution is 0.0940. The number of rotatable bonds is 10. The molecule has 3 aromatic rings. The Labute approximate surface area is 169 Å². The van der Waals surface area contributed by atoms with Crippen molar-refractivity contribution in [2.75, 3.05) is 24.9 Å². The standard InChI is InChI=1S/C20H27N7O2/c1-3-26-9-8-17-18(26)6-5-7-19(17)27(24-12-16(21)13-29-4-2)25-20(28)15-10-22-14-23-11-15/h5-11,14,16,24H,3-4,12-13,21H2,1-2H3,(H,25,28)/t16-/m1/s1. The molecule has 2 aromatic heterocycles. The van der Waals surface area contributed by atoms with Gasteiger partial charge in [-0.2, -0.15) is 0 Å². The summed E-state index contributed by atoms with van der Waals surface area (Å²) in [5, 5.41) is 2.61. The van der Waals surface area contributed by atoms with Crippen molar-refractivity contribution in [1.82, 2.24) is 25.4 Å². The minimum absolute atomic E-state index is 0.228. The van der Waals surface area contributed by atoms with Crippen LogP contribution >= 0.6 is 0 Å². The average Bonchev–Trinajstić information content (AvgIpc) is 3.19. The van der Waals surface area contributed by atoms with Crippen LogP contribution in [0, 0.1) is 0 Å². The van der Waals surface area contributed by atoms with Gasteiger partial charge in [0.2, 0.25) is 0 Å². The van der Waals surface area contributed by atoms with E-state index in [2.05, 4.69) is 32.3 Å². The Hall–Kier alpha value is -3.01. The molecule has 9 nitrogen and oxygen atoms in total. The number of amides is 1. The van der Waals surface area contributed by atoms with Gasteiger partial charge in [0.05, 0.1) is 23.4 Å².